The Labute approximate surface area is 138 Å². The van der Waals surface area contributed by atoms with Gasteiger partial charge in [0.15, 0.2) is 12.4 Å². The fourth-order valence-corrected chi connectivity index (χ4v) is 2.03. The number of amides is 1. The van der Waals surface area contributed by atoms with E-state index in [-0.39, 0.29) is 18.3 Å². The molecule has 0 aliphatic carbocycles. The van der Waals surface area contributed by atoms with Crippen LogP contribution in [0.4, 0.5) is 4.39 Å². The molecule has 0 spiro atoms. The molecule has 2 aromatic heterocycles. The van der Waals surface area contributed by atoms with Gasteiger partial charge in [-0.2, -0.15) is 0 Å². The summed E-state index contributed by atoms with van der Waals surface area (Å²) in [6, 6.07) is 12.8. The number of carbonyl (C=O) groups is 1. The first kappa shape index (κ1) is 15.7. The Balaban J connectivity index is 1.46. The number of halogens is 1. The molecule has 3 aromatic rings. The topological polar surface area (TPSA) is 64.4 Å². The highest BCUT2D eigenvalue weighted by Gasteiger charge is 2.05. The van der Waals surface area contributed by atoms with Gasteiger partial charge in [0.25, 0.3) is 5.91 Å². The van der Waals surface area contributed by atoms with Gasteiger partial charge in [-0.05, 0) is 48.0 Å². The maximum atomic E-state index is 12.8. The Morgan fingerprint density at radius 2 is 2.00 bits per heavy atom. The third-order valence-corrected chi connectivity index (χ3v) is 3.27. The molecule has 5 nitrogen and oxygen atoms in total. The molecule has 6 heteroatoms. The lowest BCUT2D eigenvalue weighted by Gasteiger charge is -2.07. The van der Waals surface area contributed by atoms with Gasteiger partial charge in [-0.3, -0.25) is 9.78 Å². The molecule has 2 heterocycles. The molecule has 0 aliphatic rings. The van der Waals surface area contributed by atoms with E-state index < -0.39 is 0 Å². The molecule has 122 valence electrons. The lowest BCUT2D eigenvalue weighted by atomic mass is 10.2. The minimum absolute atomic E-state index is 0.135. The summed E-state index contributed by atoms with van der Waals surface area (Å²) in [5, 5.41) is 2.73. The number of hydrogen-bond donors (Lipinski definition) is 1. The molecule has 1 N–H and O–H groups in total. The predicted octanol–water partition coefficient (Wildman–Crippen LogP) is 3.18. The number of carbonyl (C=O) groups excluding carboxylic acids is 1. The molecule has 0 radical (unpaired) electrons. The smallest absolute Gasteiger partial charge is 0.258 e. The van der Waals surface area contributed by atoms with Crippen molar-refractivity contribution in [3.63, 3.8) is 0 Å². The number of hydrogen-bond acceptors (Lipinski definition) is 4. The van der Waals surface area contributed by atoms with Gasteiger partial charge < -0.3 is 14.5 Å². The van der Waals surface area contributed by atoms with E-state index in [1.54, 1.807) is 18.5 Å². The minimum Gasteiger partial charge on any atom is -0.484 e. The summed E-state index contributed by atoms with van der Waals surface area (Å²) in [4.78, 5) is 16.1. The van der Waals surface area contributed by atoms with E-state index in [1.807, 2.05) is 18.2 Å². The third-order valence-electron chi connectivity index (χ3n) is 3.27. The molecule has 0 saturated heterocycles. The van der Waals surface area contributed by atoms with Crippen molar-refractivity contribution in [2.24, 2.45) is 0 Å². The average Bonchev–Trinajstić information content (AvgIpc) is 3.14. The monoisotopic (exact) mass is 326 g/mol. The summed E-state index contributed by atoms with van der Waals surface area (Å²) >= 11 is 0. The van der Waals surface area contributed by atoms with Crippen LogP contribution >= 0.6 is 0 Å². The van der Waals surface area contributed by atoms with E-state index in [1.165, 1.54) is 24.3 Å². The number of ether oxygens (including phenoxy) is 1. The zero-order chi connectivity index (χ0) is 16.8. The van der Waals surface area contributed by atoms with Crippen molar-refractivity contribution in [2.75, 3.05) is 6.61 Å². The first-order valence-corrected chi connectivity index (χ1v) is 7.34. The summed E-state index contributed by atoms with van der Waals surface area (Å²) in [6.45, 7) is 0.209. The van der Waals surface area contributed by atoms with Crippen LogP contribution in [0.2, 0.25) is 0 Å². The maximum absolute atomic E-state index is 12.8. The van der Waals surface area contributed by atoms with Crippen molar-refractivity contribution < 1.29 is 18.3 Å². The first-order chi connectivity index (χ1) is 11.7. The Kier molecular flexibility index (Phi) is 4.86. The zero-order valence-corrected chi connectivity index (χ0v) is 12.7. The number of rotatable bonds is 6. The predicted molar refractivity (Wildman–Crippen MR) is 85.7 cm³/mol. The molecular weight excluding hydrogens is 311 g/mol. The number of nitrogens with one attached hydrogen (secondary N) is 1. The number of furan rings is 1. The molecule has 24 heavy (non-hydrogen) atoms. The number of pyridine rings is 1. The van der Waals surface area contributed by atoms with Crippen LogP contribution in [0, 0.1) is 5.82 Å². The van der Waals surface area contributed by atoms with Crippen molar-refractivity contribution in [2.45, 2.75) is 6.54 Å². The second-order valence-electron chi connectivity index (χ2n) is 5.05. The summed E-state index contributed by atoms with van der Waals surface area (Å²) in [5.41, 5.74) is 1.59. The van der Waals surface area contributed by atoms with E-state index in [9.17, 15) is 9.18 Å². The van der Waals surface area contributed by atoms with E-state index >= 15 is 0 Å². The van der Waals surface area contributed by atoms with Crippen LogP contribution in [-0.2, 0) is 11.3 Å². The third kappa shape index (κ3) is 4.19. The van der Waals surface area contributed by atoms with Gasteiger partial charge in [-0.15, -0.1) is 0 Å². The van der Waals surface area contributed by atoms with Crippen LogP contribution < -0.4 is 10.1 Å². The van der Waals surface area contributed by atoms with Crippen LogP contribution in [0.3, 0.4) is 0 Å². The zero-order valence-electron chi connectivity index (χ0n) is 12.7. The first-order valence-electron chi connectivity index (χ1n) is 7.34. The number of aromatic nitrogens is 1. The lowest BCUT2D eigenvalue weighted by Crippen LogP contribution is -2.28. The van der Waals surface area contributed by atoms with Crippen molar-refractivity contribution in [3.8, 4) is 17.2 Å². The van der Waals surface area contributed by atoms with Gasteiger partial charge in [0.2, 0.25) is 0 Å². The van der Waals surface area contributed by atoms with E-state index in [0.717, 1.165) is 11.3 Å². The van der Waals surface area contributed by atoms with Gasteiger partial charge in [-0.25, -0.2) is 4.39 Å². The molecule has 0 bridgehead atoms. The van der Waals surface area contributed by atoms with E-state index in [4.69, 9.17) is 9.15 Å². The highest BCUT2D eigenvalue weighted by atomic mass is 19.1. The number of nitrogens with zero attached hydrogens (tertiary/aromatic N) is 1. The molecule has 0 fully saturated rings. The molecule has 3 rings (SSSR count). The maximum Gasteiger partial charge on any atom is 0.258 e. The highest BCUT2D eigenvalue weighted by Crippen LogP contribution is 2.17. The largest absolute Gasteiger partial charge is 0.484 e. The second kappa shape index (κ2) is 7.41. The van der Waals surface area contributed by atoms with Gasteiger partial charge in [0, 0.05) is 12.7 Å². The van der Waals surface area contributed by atoms with Crippen molar-refractivity contribution in [1.82, 2.24) is 10.3 Å². The van der Waals surface area contributed by atoms with Crippen molar-refractivity contribution in [3.05, 3.63) is 72.4 Å². The molecule has 0 saturated carbocycles. The second-order valence-corrected chi connectivity index (χ2v) is 5.05. The normalized spacial score (nSPS) is 10.4. The molecule has 1 aromatic carbocycles. The highest BCUT2D eigenvalue weighted by molar-refractivity contribution is 5.77. The van der Waals surface area contributed by atoms with Crippen LogP contribution in [0.25, 0.3) is 11.5 Å². The Morgan fingerprint density at radius 3 is 2.67 bits per heavy atom. The van der Waals surface area contributed by atoms with Crippen LogP contribution in [-0.4, -0.2) is 17.5 Å². The SMILES string of the molecule is O=C(COc1ccc(F)cc1)NCc1ccc(-c2ccco2)nc1. The van der Waals surface area contributed by atoms with E-state index in [2.05, 4.69) is 10.3 Å². The van der Waals surface area contributed by atoms with Gasteiger partial charge in [0.05, 0.1) is 6.26 Å². The van der Waals surface area contributed by atoms with Gasteiger partial charge >= 0.3 is 0 Å². The number of benzene rings is 1. The summed E-state index contributed by atoms with van der Waals surface area (Å²) in [6.07, 6.45) is 3.27. The van der Waals surface area contributed by atoms with Crippen molar-refractivity contribution in [1.29, 1.82) is 0 Å². The fraction of sp³-hybridized carbons (Fsp3) is 0.111. The molecule has 1 amide bonds. The standard InChI is InChI=1S/C18H15FN2O3/c19-14-4-6-15(7-5-14)24-12-18(22)21-11-13-3-8-16(20-10-13)17-2-1-9-23-17/h1-10H,11-12H2,(H,21,22). The molecular formula is C18H15FN2O3. The fourth-order valence-electron chi connectivity index (χ4n) is 2.03. The summed E-state index contributed by atoms with van der Waals surface area (Å²) in [5.74, 6) is 0.515. The Bertz CT molecular complexity index is 784. The van der Waals surface area contributed by atoms with E-state index in [0.29, 0.717) is 18.1 Å². The lowest BCUT2D eigenvalue weighted by molar-refractivity contribution is -0.123. The Morgan fingerprint density at radius 1 is 1.17 bits per heavy atom. The summed E-state index contributed by atoms with van der Waals surface area (Å²) in [7, 11) is 0. The Hall–Kier alpha value is -3.15. The van der Waals surface area contributed by atoms with Crippen LogP contribution in [0.1, 0.15) is 5.56 Å². The van der Waals surface area contributed by atoms with Crippen LogP contribution in [0.15, 0.2) is 65.4 Å². The van der Waals surface area contributed by atoms with Crippen LogP contribution in [0.5, 0.6) is 5.75 Å². The molecule has 0 unspecified atom stereocenters. The summed E-state index contributed by atoms with van der Waals surface area (Å²) < 4.78 is 23.3. The van der Waals surface area contributed by atoms with Gasteiger partial charge in [-0.1, -0.05) is 6.07 Å². The van der Waals surface area contributed by atoms with Gasteiger partial charge in [0.1, 0.15) is 17.3 Å². The average molecular weight is 326 g/mol. The quantitative estimate of drug-likeness (QED) is 0.756. The molecule has 0 atom stereocenters. The molecule has 0 aliphatic heterocycles. The minimum atomic E-state index is -0.350. The van der Waals surface area contributed by atoms with Crippen molar-refractivity contribution >= 4 is 5.91 Å².